The fraction of sp³-hybridized carbons (Fsp3) is 0.455. The molecule has 1 aliphatic heterocycles. The molecule has 150 valence electrons. The number of carbonyl (C=O) groups excluding carboxylic acids is 2. The van der Waals surface area contributed by atoms with Crippen LogP contribution in [0.1, 0.15) is 47.9 Å². The molecular weight excluding hydrogens is 392 g/mol. The van der Waals surface area contributed by atoms with Crippen LogP contribution >= 0.6 is 22.9 Å². The van der Waals surface area contributed by atoms with Gasteiger partial charge >= 0.3 is 0 Å². The van der Waals surface area contributed by atoms with Crippen molar-refractivity contribution >= 4 is 34.8 Å². The Bertz CT molecular complexity index is 831. The molecule has 28 heavy (non-hydrogen) atoms. The molecule has 2 heterocycles. The molecule has 0 saturated heterocycles. The summed E-state index contributed by atoms with van der Waals surface area (Å²) in [5, 5.41) is 1.47. The van der Waals surface area contributed by atoms with E-state index in [0.717, 1.165) is 18.4 Å². The van der Waals surface area contributed by atoms with Crippen molar-refractivity contribution in [3.63, 3.8) is 0 Å². The van der Waals surface area contributed by atoms with Crippen LogP contribution in [0.3, 0.4) is 0 Å². The van der Waals surface area contributed by atoms with Crippen LogP contribution in [0.15, 0.2) is 35.7 Å². The van der Waals surface area contributed by atoms with E-state index in [1.807, 2.05) is 11.8 Å². The van der Waals surface area contributed by atoms with E-state index >= 15 is 0 Å². The van der Waals surface area contributed by atoms with E-state index in [1.54, 1.807) is 23.2 Å². The SMILES string of the molecule is CCCN(CC(=O)N1CCc2sccc2[C@H]1c1ccc(C)cc1)C(=O)[C@@H](C)Cl. The Morgan fingerprint density at radius 2 is 2.00 bits per heavy atom. The minimum Gasteiger partial charge on any atom is -0.332 e. The van der Waals surface area contributed by atoms with Crippen LogP contribution in [0.5, 0.6) is 0 Å². The predicted octanol–water partition coefficient (Wildman–Crippen LogP) is 4.40. The molecule has 0 fully saturated rings. The molecule has 0 spiro atoms. The van der Waals surface area contributed by atoms with Gasteiger partial charge in [-0.05, 0) is 49.3 Å². The second kappa shape index (κ2) is 9.10. The first-order valence-corrected chi connectivity index (χ1v) is 11.1. The number of hydrogen-bond acceptors (Lipinski definition) is 3. The van der Waals surface area contributed by atoms with Crippen molar-refractivity contribution in [1.29, 1.82) is 0 Å². The summed E-state index contributed by atoms with van der Waals surface area (Å²) < 4.78 is 0. The second-order valence-electron chi connectivity index (χ2n) is 7.33. The lowest BCUT2D eigenvalue weighted by atomic mass is 9.92. The third-order valence-electron chi connectivity index (χ3n) is 5.15. The van der Waals surface area contributed by atoms with Crippen LogP contribution in [0.2, 0.25) is 0 Å². The summed E-state index contributed by atoms with van der Waals surface area (Å²) >= 11 is 7.76. The number of rotatable bonds is 6. The second-order valence-corrected chi connectivity index (χ2v) is 8.98. The monoisotopic (exact) mass is 418 g/mol. The van der Waals surface area contributed by atoms with Gasteiger partial charge in [0.05, 0.1) is 12.6 Å². The zero-order valence-electron chi connectivity index (χ0n) is 16.7. The molecule has 1 aromatic heterocycles. The summed E-state index contributed by atoms with van der Waals surface area (Å²) in [5.74, 6) is -0.210. The van der Waals surface area contributed by atoms with Crippen molar-refractivity contribution in [2.45, 2.75) is 45.0 Å². The maximum Gasteiger partial charge on any atom is 0.242 e. The predicted molar refractivity (Wildman–Crippen MR) is 115 cm³/mol. The molecule has 4 nitrogen and oxygen atoms in total. The number of aryl methyl sites for hydroxylation is 1. The van der Waals surface area contributed by atoms with Crippen molar-refractivity contribution in [3.05, 3.63) is 57.3 Å². The molecule has 0 N–H and O–H groups in total. The fourth-order valence-electron chi connectivity index (χ4n) is 3.74. The largest absolute Gasteiger partial charge is 0.332 e. The lowest BCUT2D eigenvalue weighted by molar-refractivity contribution is -0.141. The fourth-order valence-corrected chi connectivity index (χ4v) is 4.78. The molecule has 0 saturated carbocycles. The number of fused-ring (bicyclic) bond motifs is 1. The average molecular weight is 419 g/mol. The summed E-state index contributed by atoms with van der Waals surface area (Å²) in [6.45, 7) is 6.99. The zero-order chi connectivity index (χ0) is 20.3. The first-order chi connectivity index (χ1) is 13.4. The molecule has 0 radical (unpaired) electrons. The third-order valence-corrected chi connectivity index (χ3v) is 6.33. The Balaban J connectivity index is 1.89. The van der Waals surface area contributed by atoms with E-state index in [2.05, 4.69) is 42.6 Å². The Hall–Kier alpha value is -1.85. The van der Waals surface area contributed by atoms with E-state index in [-0.39, 0.29) is 24.4 Å². The maximum absolute atomic E-state index is 13.3. The van der Waals surface area contributed by atoms with Crippen LogP contribution in [0, 0.1) is 6.92 Å². The molecule has 0 aliphatic carbocycles. The highest BCUT2D eigenvalue weighted by atomic mass is 35.5. The van der Waals surface area contributed by atoms with Crippen LogP contribution in [-0.2, 0) is 16.0 Å². The number of halogens is 1. The molecule has 0 unspecified atom stereocenters. The molecule has 3 rings (SSSR count). The highest BCUT2D eigenvalue weighted by molar-refractivity contribution is 7.10. The number of amides is 2. The molecular formula is C22H27ClN2O2S. The average Bonchev–Trinajstić information content (AvgIpc) is 3.15. The quantitative estimate of drug-likeness (QED) is 0.652. The summed E-state index contributed by atoms with van der Waals surface area (Å²) in [4.78, 5) is 30.6. The number of alkyl halides is 1. The van der Waals surface area contributed by atoms with Crippen molar-refractivity contribution in [2.75, 3.05) is 19.6 Å². The van der Waals surface area contributed by atoms with Crippen molar-refractivity contribution in [3.8, 4) is 0 Å². The minimum absolute atomic E-state index is 0.0264. The highest BCUT2D eigenvalue weighted by Gasteiger charge is 2.34. The Morgan fingerprint density at radius 1 is 1.29 bits per heavy atom. The van der Waals surface area contributed by atoms with Crippen LogP contribution in [-0.4, -0.2) is 46.6 Å². The Kier molecular flexibility index (Phi) is 6.78. The lowest BCUT2D eigenvalue weighted by Gasteiger charge is -2.37. The van der Waals surface area contributed by atoms with E-state index < -0.39 is 5.38 Å². The topological polar surface area (TPSA) is 40.6 Å². The Labute approximate surface area is 176 Å². The molecule has 2 atom stereocenters. The van der Waals surface area contributed by atoms with Gasteiger partial charge in [-0.3, -0.25) is 9.59 Å². The van der Waals surface area contributed by atoms with Gasteiger partial charge in [-0.1, -0.05) is 36.8 Å². The van der Waals surface area contributed by atoms with Gasteiger partial charge in [0.2, 0.25) is 11.8 Å². The van der Waals surface area contributed by atoms with Gasteiger partial charge in [0.1, 0.15) is 5.38 Å². The van der Waals surface area contributed by atoms with Crippen LogP contribution in [0.25, 0.3) is 0 Å². The zero-order valence-corrected chi connectivity index (χ0v) is 18.2. The standard InChI is InChI=1S/C22H27ClN2O2S/c1-4-11-24(22(27)16(3)23)14-20(26)25-12-9-19-18(10-13-28-19)21(25)17-7-5-15(2)6-8-17/h5-8,10,13,16,21H,4,9,11-12,14H2,1-3H3/t16-,21-/m1/s1. The summed E-state index contributed by atoms with van der Waals surface area (Å²) in [5.41, 5.74) is 3.50. The highest BCUT2D eigenvalue weighted by Crippen LogP contribution is 2.38. The van der Waals surface area contributed by atoms with Gasteiger partial charge in [-0.2, -0.15) is 0 Å². The molecule has 1 aromatic carbocycles. The molecule has 2 aromatic rings. The van der Waals surface area contributed by atoms with Gasteiger partial charge in [0, 0.05) is 18.0 Å². The van der Waals surface area contributed by atoms with E-state index in [1.165, 1.54) is 16.0 Å². The first-order valence-electron chi connectivity index (χ1n) is 9.77. The van der Waals surface area contributed by atoms with Crippen LogP contribution < -0.4 is 0 Å². The third kappa shape index (κ3) is 4.41. The number of nitrogens with zero attached hydrogens (tertiary/aromatic N) is 2. The number of hydrogen-bond donors (Lipinski definition) is 0. The van der Waals surface area contributed by atoms with Crippen LogP contribution in [0.4, 0.5) is 0 Å². The molecule has 6 heteroatoms. The molecule has 1 aliphatic rings. The number of thiophene rings is 1. The normalized spacial score (nSPS) is 17.1. The minimum atomic E-state index is -0.628. The molecule has 2 amide bonds. The Morgan fingerprint density at radius 3 is 2.64 bits per heavy atom. The first kappa shape index (κ1) is 20.9. The van der Waals surface area contributed by atoms with Gasteiger partial charge in [0.25, 0.3) is 0 Å². The number of benzene rings is 1. The van der Waals surface area contributed by atoms with Crippen molar-refractivity contribution in [1.82, 2.24) is 9.80 Å². The van der Waals surface area contributed by atoms with Crippen molar-refractivity contribution in [2.24, 2.45) is 0 Å². The summed E-state index contributed by atoms with van der Waals surface area (Å²) in [6.07, 6.45) is 1.65. The smallest absolute Gasteiger partial charge is 0.242 e. The van der Waals surface area contributed by atoms with E-state index in [0.29, 0.717) is 13.1 Å². The van der Waals surface area contributed by atoms with Gasteiger partial charge in [-0.25, -0.2) is 0 Å². The van der Waals surface area contributed by atoms with Gasteiger partial charge < -0.3 is 9.80 Å². The summed E-state index contributed by atoms with van der Waals surface area (Å²) in [7, 11) is 0. The van der Waals surface area contributed by atoms with Crippen molar-refractivity contribution < 1.29 is 9.59 Å². The summed E-state index contributed by atoms with van der Waals surface area (Å²) in [6, 6.07) is 10.4. The molecule has 0 bridgehead atoms. The maximum atomic E-state index is 13.3. The van der Waals surface area contributed by atoms with Gasteiger partial charge in [0.15, 0.2) is 0 Å². The lowest BCUT2D eigenvalue weighted by Crippen LogP contribution is -2.48. The van der Waals surface area contributed by atoms with E-state index in [9.17, 15) is 9.59 Å². The van der Waals surface area contributed by atoms with Gasteiger partial charge in [-0.15, -0.1) is 22.9 Å². The van der Waals surface area contributed by atoms with E-state index in [4.69, 9.17) is 11.6 Å². The number of carbonyl (C=O) groups is 2.